The molecule has 0 aromatic carbocycles. The topological polar surface area (TPSA) is 61.3 Å². The summed E-state index contributed by atoms with van der Waals surface area (Å²) in [6.45, 7) is 1.75. The number of unbranched alkanes of at least 4 members (excludes halogenated alkanes) is 1. The molecule has 1 rings (SSSR count). The van der Waals surface area contributed by atoms with Crippen molar-refractivity contribution in [2.75, 3.05) is 13.2 Å². The van der Waals surface area contributed by atoms with Gasteiger partial charge < -0.3 is 15.9 Å². The summed E-state index contributed by atoms with van der Waals surface area (Å²) in [6, 6.07) is 1.28. The van der Waals surface area contributed by atoms with Crippen molar-refractivity contribution in [3.63, 3.8) is 0 Å². The maximum Gasteiger partial charge on any atom is 0.193 e. The average Bonchev–Trinajstić information content (AvgIpc) is 2.19. The van der Waals surface area contributed by atoms with Crippen molar-refractivity contribution in [3.8, 4) is 0 Å². The van der Waals surface area contributed by atoms with Crippen LogP contribution in [0.5, 0.6) is 0 Å². The molecule has 0 aliphatic carbocycles. The number of hydrogen-bond acceptors (Lipinski definition) is 3. The maximum absolute atomic E-state index is 6.09. The summed E-state index contributed by atoms with van der Waals surface area (Å²) in [5.41, 5.74) is 11.9. The Labute approximate surface area is 82.5 Å². The Morgan fingerprint density at radius 2 is 2.15 bits per heavy atom. The molecule has 1 heterocycles. The Morgan fingerprint density at radius 1 is 1.31 bits per heavy atom. The monoisotopic (exact) mass is 202 g/mol. The summed E-state index contributed by atoms with van der Waals surface area (Å²) >= 11 is 0. The lowest BCUT2D eigenvalue weighted by Crippen LogP contribution is -2.43. The molecule has 0 amide bonds. The van der Waals surface area contributed by atoms with Gasteiger partial charge in [0.15, 0.2) is 9.04 Å². The molecule has 78 valence electrons. The van der Waals surface area contributed by atoms with Gasteiger partial charge in [-0.1, -0.05) is 12.8 Å². The van der Waals surface area contributed by atoms with Crippen LogP contribution in [-0.4, -0.2) is 27.9 Å². The van der Waals surface area contributed by atoms with E-state index in [0.29, 0.717) is 5.67 Å². The number of rotatable bonds is 5. The highest BCUT2D eigenvalue weighted by atomic mass is 28.3. The van der Waals surface area contributed by atoms with E-state index >= 15 is 0 Å². The minimum atomic E-state index is -1.03. The highest BCUT2D eigenvalue weighted by Crippen LogP contribution is 2.15. The molecule has 1 aliphatic heterocycles. The molecule has 0 aromatic heterocycles. The molecule has 4 N–H and O–H groups in total. The van der Waals surface area contributed by atoms with Crippen LogP contribution in [0.3, 0.4) is 0 Å². The van der Waals surface area contributed by atoms with Gasteiger partial charge in [0.1, 0.15) is 0 Å². The standard InChI is InChI=1S/C9H22N2OSi/c10-6-2-1-5-9(11)13-8-4-3-7-12-13/h9,13H,1-8,10-11H2. The Balaban J connectivity index is 2.09. The maximum atomic E-state index is 6.09. The minimum Gasteiger partial charge on any atom is -0.418 e. The highest BCUT2D eigenvalue weighted by Gasteiger charge is 2.22. The molecule has 0 aromatic rings. The summed E-state index contributed by atoms with van der Waals surface area (Å²) in [4.78, 5) is 0. The van der Waals surface area contributed by atoms with Gasteiger partial charge in [-0.15, -0.1) is 0 Å². The lowest BCUT2D eigenvalue weighted by atomic mass is 10.2. The normalized spacial score (nSPS) is 25.8. The number of hydrogen-bond donors (Lipinski definition) is 2. The Bertz CT molecular complexity index is 129. The van der Waals surface area contributed by atoms with Gasteiger partial charge in [0.05, 0.1) is 0 Å². The molecule has 4 heteroatoms. The summed E-state index contributed by atoms with van der Waals surface area (Å²) < 4.78 is 5.75. The third-order valence-electron chi connectivity index (χ3n) is 2.68. The second-order valence-electron chi connectivity index (χ2n) is 3.85. The molecule has 2 unspecified atom stereocenters. The lowest BCUT2D eigenvalue weighted by molar-refractivity contribution is 0.278. The molecule has 1 aliphatic rings. The van der Waals surface area contributed by atoms with Crippen LogP contribution in [0, 0.1) is 0 Å². The van der Waals surface area contributed by atoms with E-state index in [0.717, 1.165) is 26.0 Å². The van der Waals surface area contributed by atoms with Crippen LogP contribution >= 0.6 is 0 Å². The van der Waals surface area contributed by atoms with E-state index < -0.39 is 9.04 Å². The van der Waals surface area contributed by atoms with Gasteiger partial charge in [-0.3, -0.25) is 0 Å². The van der Waals surface area contributed by atoms with Crippen molar-refractivity contribution in [1.82, 2.24) is 0 Å². The molecule has 2 atom stereocenters. The zero-order valence-corrected chi connectivity index (χ0v) is 9.53. The van der Waals surface area contributed by atoms with Crippen molar-refractivity contribution in [1.29, 1.82) is 0 Å². The summed E-state index contributed by atoms with van der Waals surface area (Å²) in [5.74, 6) is 0. The van der Waals surface area contributed by atoms with E-state index in [1.807, 2.05) is 0 Å². The van der Waals surface area contributed by atoms with Crippen molar-refractivity contribution in [2.45, 2.75) is 43.8 Å². The summed E-state index contributed by atoms with van der Waals surface area (Å²) in [7, 11) is -1.03. The van der Waals surface area contributed by atoms with Gasteiger partial charge in [-0.05, 0) is 31.9 Å². The van der Waals surface area contributed by atoms with E-state index in [1.165, 1.54) is 25.3 Å². The first-order valence-electron chi connectivity index (χ1n) is 5.42. The first-order chi connectivity index (χ1) is 6.34. The average molecular weight is 202 g/mol. The van der Waals surface area contributed by atoms with Gasteiger partial charge in [0, 0.05) is 12.3 Å². The van der Waals surface area contributed by atoms with Crippen molar-refractivity contribution < 1.29 is 4.43 Å². The molecule has 3 nitrogen and oxygen atoms in total. The smallest absolute Gasteiger partial charge is 0.193 e. The van der Waals surface area contributed by atoms with Crippen LogP contribution in [0.15, 0.2) is 0 Å². The van der Waals surface area contributed by atoms with Gasteiger partial charge >= 0.3 is 0 Å². The quantitative estimate of drug-likeness (QED) is 0.504. The fourth-order valence-electron chi connectivity index (χ4n) is 1.81. The van der Waals surface area contributed by atoms with Crippen LogP contribution < -0.4 is 11.5 Å². The Morgan fingerprint density at radius 3 is 2.77 bits per heavy atom. The zero-order valence-electron chi connectivity index (χ0n) is 8.37. The van der Waals surface area contributed by atoms with Crippen LogP contribution in [0.4, 0.5) is 0 Å². The van der Waals surface area contributed by atoms with Crippen LogP contribution in [0.25, 0.3) is 0 Å². The summed E-state index contributed by atoms with van der Waals surface area (Å²) in [5, 5.41) is 0. The van der Waals surface area contributed by atoms with Gasteiger partial charge in [-0.2, -0.15) is 0 Å². The van der Waals surface area contributed by atoms with E-state index in [9.17, 15) is 0 Å². The van der Waals surface area contributed by atoms with Crippen molar-refractivity contribution in [3.05, 3.63) is 0 Å². The molecule has 0 radical (unpaired) electrons. The molecule has 0 spiro atoms. The molecule has 1 fully saturated rings. The predicted octanol–water partition coefficient (Wildman–Crippen LogP) is 0.516. The fourth-order valence-corrected chi connectivity index (χ4v) is 4.42. The molecular formula is C9H22N2OSi. The van der Waals surface area contributed by atoms with E-state index in [4.69, 9.17) is 15.9 Å². The zero-order chi connectivity index (χ0) is 9.52. The molecule has 1 saturated heterocycles. The van der Waals surface area contributed by atoms with Gasteiger partial charge in [-0.25, -0.2) is 0 Å². The Kier molecular flexibility index (Phi) is 5.62. The summed E-state index contributed by atoms with van der Waals surface area (Å²) in [6.07, 6.45) is 5.97. The van der Waals surface area contributed by atoms with E-state index in [2.05, 4.69) is 0 Å². The van der Waals surface area contributed by atoms with Crippen molar-refractivity contribution in [2.24, 2.45) is 11.5 Å². The molecule has 13 heavy (non-hydrogen) atoms. The molecule has 0 saturated carbocycles. The van der Waals surface area contributed by atoms with Crippen LogP contribution in [-0.2, 0) is 4.43 Å². The fraction of sp³-hybridized carbons (Fsp3) is 1.00. The second kappa shape index (κ2) is 6.54. The molecule has 0 bridgehead atoms. The lowest BCUT2D eigenvalue weighted by Gasteiger charge is -2.26. The third-order valence-corrected chi connectivity index (χ3v) is 5.61. The van der Waals surface area contributed by atoms with E-state index in [1.54, 1.807) is 0 Å². The van der Waals surface area contributed by atoms with Crippen LogP contribution in [0.1, 0.15) is 32.1 Å². The van der Waals surface area contributed by atoms with Crippen molar-refractivity contribution >= 4 is 9.04 Å². The van der Waals surface area contributed by atoms with E-state index in [-0.39, 0.29) is 0 Å². The number of nitrogens with two attached hydrogens (primary N) is 2. The molecular weight excluding hydrogens is 180 g/mol. The first-order valence-corrected chi connectivity index (χ1v) is 7.37. The van der Waals surface area contributed by atoms with Crippen LogP contribution in [0.2, 0.25) is 6.04 Å². The largest absolute Gasteiger partial charge is 0.418 e. The SMILES string of the molecule is NCCCCC(N)[SiH]1CCCCO1. The first kappa shape index (κ1) is 11.2. The van der Waals surface area contributed by atoms with Gasteiger partial charge in [0.2, 0.25) is 0 Å². The minimum absolute atomic E-state index is 0.367. The third kappa shape index (κ3) is 4.22. The van der Waals surface area contributed by atoms with Gasteiger partial charge in [0.25, 0.3) is 0 Å². The Hall–Kier alpha value is 0.0969. The second-order valence-corrected chi connectivity index (χ2v) is 6.70. The highest BCUT2D eigenvalue weighted by molar-refractivity contribution is 6.53. The predicted molar refractivity (Wildman–Crippen MR) is 58.0 cm³/mol.